The smallest absolute Gasteiger partial charge is 0.326 e. The van der Waals surface area contributed by atoms with Crippen LogP contribution in [0.25, 0.3) is 0 Å². The van der Waals surface area contributed by atoms with Crippen LogP contribution in [0.3, 0.4) is 0 Å². The number of nitrogens with zero attached hydrogens (tertiary/aromatic N) is 6. The number of carbonyl (C=O) groups is 2. The van der Waals surface area contributed by atoms with Crippen LogP contribution in [0, 0.1) is 0 Å². The van der Waals surface area contributed by atoms with Crippen LogP contribution in [-0.4, -0.2) is 130 Å². The summed E-state index contributed by atoms with van der Waals surface area (Å²) in [4.78, 5) is 40.5. The number of ether oxygens (including phenoxy) is 2. The standard InChI is InChI=1S/C36H42Cl2N6O6S.ClH/c1-4-50-31-23-29(51(47,48)40(2)3)13-14-30(31)35-39-33(25-5-9-27(37)10-6-25)34(26-7-11-28(38)12-8-26)44(35)36(46)43-17-15-41(16-18-43)24-32(45)42-19-21-49-22-20-42;/h5-14,23,33-34H,4,15-22,24H2,1-3H3;1H. The van der Waals surface area contributed by atoms with Crippen molar-refractivity contribution in [3.8, 4) is 5.75 Å². The Labute approximate surface area is 321 Å². The number of rotatable bonds is 9. The summed E-state index contributed by atoms with van der Waals surface area (Å²) < 4.78 is 38.8. The molecule has 0 aliphatic carbocycles. The van der Waals surface area contributed by atoms with Gasteiger partial charge in [0.05, 0.1) is 42.9 Å². The molecule has 2 atom stereocenters. The van der Waals surface area contributed by atoms with Crippen molar-refractivity contribution in [1.29, 1.82) is 0 Å². The number of amidine groups is 1. The van der Waals surface area contributed by atoms with Crippen LogP contribution in [0.15, 0.2) is 76.6 Å². The normalized spacial score (nSPS) is 19.7. The molecule has 2 unspecified atom stereocenters. The summed E-state index contributed by atoms with van der Waals surface area (Å²) in [6.07, 6.45) is 0. The largest absolute Gasteiger partial charge is 0.493 e. The zero-order valence-electron chi connectivity index (χ0n) is 29.3. The van der Waals surface area contributed by atoms with Gasteiger partial charge in [-0.05, 0) is 54.4 Å². The lowest BCUT2D eigenvalue weighted by Gasteiger charge is -2.39. The van der Waals surface area contributed by atoms with Gasteiger partial charge in [-0.25, -0.2) is 17.5 Å². The quantitative estimate of drug-likeness (QED) is 0.293. The molecule has 0 bridgehead atoms. The van der Waals surface area contributed by atoms with E-state index in [2.05, 4.69) is 4.90 Å². The van der Waals surface area contributed by atoms with Crippen molar-refractivity contribution < 1.29 is 27.5 Å². The summed E-state index contributed by atoms with van der Waals surface area (Å²) >= 11 is 12.6. The van der Waals surface area contributed by atoms with Crippen molar-refractivity contribution in [2.75, 3.05) is 79.7 Å². The Bertz CT molecular complexity index is 1870. The molecule has 6 rings (SSSR count). The summed E-state index contributed by atoms with van der Waals surface area (Å²) in [7, 11) is -0.842. The molecule has 0 saturated carbocycles. The molecule has 3 amide bonds. The molecule has 3 heterocycles. The molecule has 0 aromatic heterocycles. The van der Waals surface area contributed by atoms with E-state index in [1.165, 1.54) is 26.2 Å². The van der Waals surface area contributed by atoms with Crippen LogP contribution >= 0.6 is 35.6 Å². The lowest BCUT2D eigenvalue weighted by Crippen LogP contribution is -2.56. The molecule has 12 nitrogen and oxygen atoms in total. The molecular formula is C36H43Cl3N6O6S. The molecule has 0 spiro atoms. The fraction of sp³-hybridized carbons (Fsp3) is 0.417. The molecule has 3 aliphatic heterocycles. The highest BCUT2D eigenvalue weighted by Gasteiger charge is 2.45. The number of carbonyl (C=O) groups excluding carboxylic acids is 2. The zero-order valence-corrected chi connectivity index (χ0v) is 32.4. The number of sulfonamides is 1. The summed E-state index contributed by atoms with van der Waals surface area (Å²) in [5, 5.41) is 1.12. The van der Waals surface area contributed by atoms with Crippen molar-refractivity contribution in [3.63, 3.8) is 0 Å². The third kappa shape index (κ3) is 8.52. The van der Waals surface area contributed by atoms with Gasteiger partial charge in [0.1, 0.15) is 17.6 Å². The van der Waals surface area contributed by atoms with Gasteiger partial charge in [-0.1, -0.05) is 47.5 Å². The van der Waals surface area contributed by atoms with Gasteiger partial charge in [-0.3, -0.25) is 19.6 Å². The fourth-order valence-electron chi connectivity index (χ4n) is 6.54. The van der Waals surface area contributed by atoms with E-state index >= 15 is 0 Å². The number of urea groups is 1. The van der Waals surface area contributed by atoms with Gasteiger partial charge in [0.15, 0.2) is 0 Å². The molecule has 2 saturated heterocycles. The number of morpholine rings is 1. The van der Waals surface area contributed by atoms with E-state index in [4.69, 9.17) is 37.7 Å². The first kappa shape index (κ1) is 39.8. The van der Waals surface area contributed by atoms with Crippen molar-refractivity contribution in [3.05, 3.63) is 93.5 Å². The van der Waals surface area contributed by atoms with Gasteiger partial charge in [-0.2, -0.15) is 0 Å². The predicted molar refractivity (Wildman–Crippen MR) is 203 cm³/mol. The van der Waals surface area contributed by atoms with Crippen LogP contribution < -0.4 is 4.74 Å². The second-order valence-electron chi connectivity index (χ2n) is 12.7. The Kier molecular flexibility index (Phi) is 13.1. The predicted octanol–water partition coefficient (Wildman–Crippen LogP) is 5.21. The van der Waals surface area contributed by atoms with Crippen LogP contribution in [0.2, 0.25) is 10.0 Å². The second-order valence-corrected chi connectivity index (χ2v) is 15.8. The highest BCUT2D eigenvalue weighted by atomic mass is 35.5. The van der Waals surface area contributed by atoms with Crippen molar-refractivity contribution in [2.24, 2.45) is 4.99 Å². The van der Waals surface area contributed by atoms with E-state index in [0.717, 1.165) is 15.4 Å². The average Bonchev–Trinajstić information content (AvgIpc) is 3.53. The number of hydrogen-bond acceptors (Lipinski definition) is 8. The summed E-state index contributed by atoms with van der Waals surface area (Å²) in [5.41, 5.74) is 2.13. The van der Waals surface area contributed by atoms with E-state index in [1.807, 2.05) is 36.1 Å². The first-order chi connectivity index (χ1) is 24.5. The Morgan fingerprint density at radius 1 is 0.865 bits per heavy atom. The number of benzene rings is 3. The van der Waals surface area contributed by atoms with Crippen molar-refractivity contribution in [1.82, 2.24) is 23.9 Å². The fourth-order valence-corrected chi connectivity index (χ4v) is 7.71. The Morgan fingerprint density at radius 3 is 2.04 bits per heavy atom. The van der Waals surface area contributed by atoms with Gasteiger partial charge in [0.2, 0.25) is 15.9 Å². The number of piperazine rings is 1. The Balaban J connectivity index is 0.00000523. The Hall–Kier alpha value is -3.43. The first-order valence-electron chi connectivity index (χ1n) is 16.9. The minimum absolute atomic E-state index is 0. The van der Waals surface area contributed by atoms with Gasteiger partial charge in [0, 0.05) is 69.5 Å². The van der Waals surface area contributed by atoms with Crippen LogP contribution in [-0.2, 0) is 19.6 Å². The van der Waals surface area contributed by atoms with E-state index in [-0.39, 0.29) is 48.1 Å². The molecule has 3 aromatic carbocycles. The molecule has 16 heteroatoms. The van der Waals surface area contributed by atoms with E-state index < -0.39 is 22.1 Å². The maximum absolute atomic E-state index is 14.9. The first-order valence-corrected chi connectivity index (χ1v) is 19.1. The van der Waals surface area contributed by atoms with Gasteiger partial charge >= 0.3 is 6.03 Å². The molecule has 3 aliphatic rings. The molecule has 0 N–H and O–H groups in total. The molecular weight excluding hydrogens is 751 g/mol. The number of halogens is 3. The topological polar surface area (TPSA) is 115 Å². The van der Waals surface area contributed by atoms with Crippen molar-refractivity contribution >= 4 is 63.4 Å². The Morgan fingerprint density at radius 2 is 1.46 bits per heavy atom. The van der Waals surface area contributed by atoms with E-state index in [1.54, 1.807) is 40.1 Å². The number of aliphatic imine (C=N–C) groups is 1. The number of hydrogen-bond donors (Lipinski definition) is 0. The van der Waals surface area contributed by atoms with Gasteiger partial charge in [-0.15, -0.1) is 12.4 Å². The summed E-state index contributed by atoms with van der Waals surface area (Å²) in [6, 6.07) is 18.0. The minimum Gasteiger partial charge on any atom is -0.493 e. The third-order valence-corrected chi connectivity index (χ3v) is 11.6. The molecule has 52 heavy (non-hydrogen) atoms. The highest BCUT2D eigenvalue weighted by Crippen LogP contribution is 2.45. The van der Waals surface area contributed by atoms with Gasteiger partial charge < -0.3 is 19.3 Å². The maximum atomic E-state index is 14.9. The van der Waals surface area contributed by atoms with Crippen LogP contribution in [0.1, 0.15) is 35.7 Å². The van der Waals surface area contributed by atoms with Gasteiger partial charge in [0.25, 0.3) is 0 Å². The highest BCUT2D eigenvalue weighted by molar-refractivity contribution is 7.89. The molecule has 280 valence electrons. The average molecular weight is 794 g/mol. The minimum atomic E-state index is -3.78. The molecule has 3 aromatic rings. The summed E-state index contributed by atoms with van der Waals surface area (Å²) in [6.45, 7) is 6.44. The molecule has 0 radical (unpaired) electrons. The summed E-state index contributed by atoms with van der Waals surface area (Å²) in [5.74, 6) is 0.695. The van der Waals surface area contributed by atoms with E-state index in [0.29, 0.717) is 73.9 Å². The van der Waals surface area contributed by atoms with Crippen LogP contribution in [0.5, 0.6) is 5.75 Å². The van der Waals surface area contributed by atoms with E-state index in [9.17, 15) is 18.0 Å². The SMILES string of the molecule is CCOc1cc(S(=O)(=O)N(C)C)ccc1C1=NC(c2ccc(Cl)cc2)C(c2ccc(Cl)cc2)N1C(=O)N1CCN(CC(=O)N2CCOCC2)CC1.Cl. The van der Waals surface area contributed by atoms with Crippen molar-refractivity contribution in [2.45, 2.75) is 23.9 Å². The number of amides is 3. The lowest BCUT2D eigenvalue weighted by atomic mass is 9.93. The maximum Gasteiger partial charge on any atom is 0.326 e. The monoisotopic (exact) mass is 792 g/mol. The molecule has 2 fully saturated rings. The lowest BCUT2D eigenvalue weighted by molar-refractivity contribution is -0.136. The van der Waals surface area contributed by atoms with Crippen LogP contribution in [0.4, 0.5) is 4.79 Å². The second kappa shape index (κ2) is 17.1. The third-order valence-electron chi connectivity index (χ3n) is 9.33. The zero-order chi connectivity index (χ0) is 36.3.